The molecule has 0 fully saturated rings. The SMILES string of the molecule is COCCCCNC(C)Cc1cccc(F)c1. The van der Waals surface area contributed by atoms with Gasteiger partial charge in [0.05, 0.1) is 0 Å². The lowest BCUT2D eigenvalue weighted by Crippen LogP contribution is -2.29. The van der Waals surface area contributed by atoms with Crippen LogP contribution in [0.1, 0.15) is 25.3 Å². The van der Waals surface area contributed by atoms with Gasteiger partial charge in [-0.3, -0.25) is 0 Å². The third kappa shape index (κ3) is 6.39. The summed E-state index contributed by atoms with van der Waals surface area (Å²) in [5, 5.41) is 3.43. The predicted molar refractivity (Wildman–Crippen MR) is 68.7 cm³/mol. The zero-order valence-corrected chi connectivity index (χ0v) is 10.7. The van der Waals surface area contributed by atoms with E-state index in [4.69, 9.17) is 4.74 Å². The van der Waals surface area contributed by atoms with Crippen LogP contribution in [0.3, 0.4) is 0 Å². The number of benzene rings is 1. The molecule has 0 aliphatic rings. The monoisotopic (exact) mass is 239 g/mol. The molecule has 0 saturated heterocycles. The Kier molecular flexibility index (Phi) is 6.82. The van der Waals surface area contributed by atoms with Gasteiger partial charge in [0.1, 0.15) is 5.82 Å². The second kappa shape index (κ2) is 8.20. The molecule has 0 aromatic heterocycles. The minimum absolute atomic E-state index is 0.158. The van der Waals surface area contributed by atoms with Crippen LogP contribution in [-0.4, -0.2) is 26.3 Å². The number of hydrogen-bond donors (Lipinski definition) is 1. The zero-order valence-electron chi connectivity index (χ0n) is 10.7. The van der Waals surface area contributed by atoms with Gasteiger partial charge in [-0.1, -0.05) is 12.1 Å². The minimum atomic E-state index is -0.158. The smallest absolute Gasteiger partial charge is 0.123 e. The van der Waals surface area contributed by atoms with Gasteiger partial charge in [-0.25, -0.2) is 4.39 Å². The first-order chi connectivity index (χ1) is 8.22. The van der Waals surface area contributed by atoms with E-state index in [2.05, 4.69) is 12.2 Å². The largest absolute Gasteiger partial charge is 0.385 e. The molecule has 17 heavy (non-hydrogen) atoms. The molecule has 0 bridgehead atoms. The molecule has 1 aromatic carbocycles. The highest BCUT2D eigenvalue weighted by molar-refractivity contribution is 5.17. The Morgan fingerprint density at radius 2 is 2.18 bits per heavy atom. The van der Waals surface area contributed by atoms with Crippen molar-refractivity contribution < 1.29 is 9.13 Å². The molecular formula is C14H22FNO. The van der Waals surface area contributed by atoms with E-state index in [0.29, 0.717) is 6.04 Å². The summed E-state index contributed by atoms with van der Waals surface area (Å²) >= 11 is 0. The van der Waals surface area contributed by atoms with Gasteiger partial charge in [0.15, 0.2) is 0 Å². The average molecular weight is 239 g/mol. The number of nitrogens with one attached hydrogen (secondary N) is 1. The van der Waals surface area contributed by atoms with Gasteiger partial charge < -0.3 is 10.1 Å². The number of unbranched alkanes of at least 4 members (excludes halogenated alkanes) is 1. The van der Waals surface area contributed by atoms with Gasteiger partial charge in [-0.2, -0.15) is 0 Å². The Hall–Kier alpha value is -0.930. The fourth-order valence-corrected chi connectivity index (χ4v) is 1.81. The van der Waals surface area contributed by atoms with E-state index < -0.39 is 0 Å². The van der Waals surface area contributed by atoms with Crippen LogP contribution < -0.4 is 5.32 Å². The zero-order chi connectivity index (χ0) is 12.5. The summed E-state index contributed by atoms with van der Waals surface area (Å²) in [6.07, 6.45) is 3.06. The molecule has 0 amide bonds. The van der Waals surface area contributed by atoms with Crippen molar-refractivity contribution in [2.75, 3.05) is 20.3 Å². The Morgan fingerprint density at radius 3 is 2.88 bits per heavy atom. The second-order valence-corrected chi connectivity index (χ2v) is 4.39. The van der Waals surface area contributed by atoms with Crippen molar-refractivity contribution in [2.24, 2.45) is 0 Å². The van der Waals surface area contributed by atoms with E-state index in [1.165, 1.54) is 6.07 Å². The molecule has 0 radical (unpaired) electrons. The highest BCUT2D eigenvalue weighted by Gasteiger charge is 2.03. The summed E-state index contributed by atoms with van der Waals surface area (Å²) in [7, 11) is 1.72. The fraction of sp³-hybridized carbons (Fsp3) is 0.571. The standard InChI is InChI=1S/C14H22FNO/c1-12(16-8-3-4-9-17-2)10-13-6-5-7-14(15)11-13/h5-7,11-12,16H,3-4,8-10H2,1-2H3. The number of methoxy groups -OCH3 is 1. The third-order valence-electron chi connectivity index (χ3n) is 2.70. The average Bonchev–Trinajstić information content (AvgIpc) is 2.29. The molecule has 2 nitrogen and oxygen atoms in total. The van der Waals surface area contributed by atoms with Crippen LogP contribution in [0.25, 0.3) is 0 Å². The molecule has 1 aromatic rings. The number of ether oxygens (including phenoxy) is 1. The lowest BCUT2D eigenvalue weighted by Gasteiger charge is -2.13. The summed E-state index contributed by atoms with van der Waals surface area (Å²) < 4.78 is 18.0. The van der Waals surface area contributed by atoms with Crippen molar-refractivity contribution in [1.29, 1.82) is 0 Å². The summed E-state index contributed by atoms with van der Waals surface area (Å²) in [4.78, 5) is 0. The molecule has 0 heterocycles. The van der Waals surface area contributed by atoms with Crippen LogP contribution in [0.15, 0.2) is 24.3 Å². The summed E-state index contributed by atoms with van der Waals surface area (Å²) in [6, 6.07) is 7.18. The predicted octanol–water partition coefficient (Wildman–Crippen LogP) is 2.77. The molecule has 3 heteroatoms. The maximum absolute atomic E-state index is 13.0. The Bertz CT molecular complexity index is 317. The van der Waals surface area contributed by atoms with Crippen molar-refractivity contribution in [3.05, 3.63) is 35.6 Å². The van der Waals surface area contributed by atoms with E-state index >= 15 is 0 Å². The quantitative estimate of drug-likeness (QED) is 0.704. The molecule has 1 rings (SSSR count). The van der Waals surface area contributed by atoms with Crippen molar-refractivity contribution in [1.82, 2.24) is 5.32 Å². The molecule has 1 N–H and O–H groups in total. The van der Waals surface area contributed by atoms with Crippen LogP contribution in [0.2, 0.25) is 0 Å². The number of hydrogen-bond acceptors (Lipinski definition) is 2. The molecule has 0 spiro atoms. The van der Waals surface area contributed by atoms with Crippen LogP contribution in [0.4, 0.5) is 4.39 Å². The van der Waals surface area contributed by atoms with Crippen molar-refractivity contribution in [3.8, 4) is 0 Å². The summed E-state index contributed by atoms with van der Waals surface area (Å²) in [6.45, 7) is 3.93. The molecule has 1 atom stereocenters. The van der Waals surface area contributed by atoms with Crippen LogP contribution in [0.5, 0.6) is 0 Å². The number of halogens is 1. The topological polar surface area (TPSA) is 21.3 Å². The maximum Gasteiger partial charge on any atom is 0.123 e. The van der Waals surface area contributed by atoms with E-state index in [0.717, 1.165) is 38.0 Å². The first-order valence-electron chi connectivity index (χ1n) is 6.19. The van der Waals surface area contributed by atoms with Crippen LogP contribution >= 0.6 is 0 Å². The van der Waals surface area contributed by atoms with Crippen molar-refractivity contribution >= 4 is 0 Å². The van der Waals surface area contributed by atoms with Crippen LogP contribution in [0, 0.1) is 5.82 Å². The second-order valence-electron chi connectivity index (χ2n) is 4.39. The van der Waals surface area contributed by atoms with Gasteiger partial charge in [0.25, 0.3) is 0 Å². The van der Waals surface area contributed by atoms with Gasteiger partial charge in [0.2, 0.25) is 0 Å². The maximum atomic E-state index is 13.0. The molecule has 0 aliphatic carbocycles. The fourth-order valence-electron chi connectivity index (χ4n) is 1.81. The van der Waals surface area contributed by atoms with Gasteiger partial charge in [-0.15, -0.1) is 0 Å². The lowest BCUT2D eigenvalue weighted by atomic mass is 10.1. The highest BCUT2D eigenvalue weighted by Crippen LogP contribution is 2.06. The van der Waals surface area contributed by atoms with Crippen LogP contribution in [-0.2, 0) is 11.2 Å². The minimum Gasteiger partial charge on any atom is -0.385 e. The molecule has 1 unspecified atom stereocenters. The Morgan fingerprint density at radius 1 is 1.35 bits per heavy atom. The lowest BCUT2D eigenvalue weighted by molar-refractivity contribution is 0.192. The molecule has 0 aliphatic heterocycles. The van der Waals surface area contributed by atoms with Crippen molar-refractivity contribution in [3.63, 3.8) is 0 Å². The first kappa shape index (κ1) is 14.1. The molecule has 0 saturated carbocycles. The third-order valence-corrected chi connectivity index (χ3v) is 2.70. The number of rotatable bonds is 8. The molecule has 96 valence electrons. The Balaban J connectivity index is 2.18. The van der Waals surface area contributed by atoms with E-state index in [1.807, 2.05) is 6.07 Å². The molecular weight excluding hydrogens is 217 g/mol. The van der Waals surface area contributed by atoms with Gasteiger partial charge in [-0.05, 0) is 50.4 Å². The Labute approximate surface area is 103 Å². The van der Waals surface area contributed by atoms with E-state index in [1.54, 1.807) is 19.2 Å². The summed E-state index contributed by atoms with van der Waals surface area (Å²) in [5.74, 6) is -0.158. The summed E-state index contributed by atoms with van der Waals surface area (Å²) in [5.41, 5.74) is 1.04. The normalized spacial score (nSPS) is 12.6. The highest BCUT2D eigenvalue weighted by atomic mass is 19.1. The van der Waals surface area contributed by atoms with Gasteiger partial charge in [0, 0.05) is 19.8 Å². The van der Waals surface area contributed by atoms with Gasteiger partial charge >= 0.3 is 0 Å². The van der Waals surface area contributed by atoms with E-state index in [-0.39, 0.29) is 5.82 Å². The van der Waals surface area contributed by atoms with Crippen molar-refractivity contribution in [2.45, 2.75) is 32.2 Å². The van der Waals surface area contributed by atoms with E-state index in [9.17, 15) is 4.39 Å². The first-order valence-corrected chi connectivity index (χ1v) is 6.19.